The Morgan fingerprint density at radius 3 is 1.52 bits per heavy atom. The Bertz CT molecular complexity index is 786. The molecule has 2 fully saturated rings. The van der Waals surface area contributed by atoms with Crippen LogP contribution in [0.2, 0.25) is 0 Å². The molecule has 1 saturated heterocycles. The minimum Gasteiger partial charge on any atom is -0.649 e. The van der Waals surface area contributed by atoms with Crippen LogP contribution >= 0.6 is 7.79 Å². The first-order valence-corrected chi connectivity index (χ1v) is 13.5. The van der Waals surface area contributed by atoms with Crippen molar-refractivity contribution in [3.8, 4) is 0 Å². The highest BCUT2D eigenvalue weighted by molar-refractivity contribution is 7.65. The second-order valence-electron chi connectivity index (χ2n) is 9.60. The van der Waals surface area contributed by atoms with E-state index in [1.807, 2.05) is 26.0 Å². The van der Waals surface area contributed by atoms with Crippen LogP contribution in [0.1, 0.15) is 76.6 Å². The van der Waals surface area contributed by atoms with Gasteiger partial charge in [-0.3, -0.25) is 0 Å². The van der Waals surface area contributed by atoms with Crippen molar-refractivity contribution in [2.24, 2.45) is 5.92 Å². The molecule has 0 amide bonds. The molecule has 1 aliphatic carbocycles. The van der Waals surface area contributed by atoms with Gasteiger partial charge in [0.05, 0.1) is 24.2 Å². The average Bonchev–Trinajstić information content (AvgIpc) is 3.07. The average molecular weight is 441 g/mol. The van der Waals surface area contributed by atoms with Crippen molar-refractivity contribution in [2.75, 3.05) is 0 Å². The molecule has 2 aromatic carbocycles. The van der Waals surface area contributed by atoms with E-state index in [-0.39, 0.29) is 30.1 Å². The normalized spacial score (nSPS) is 27.1. The molecule has 4 nitrogen and oxygen atoms in total. The van der Waals surface area contributed by atoms with Gasteiger partial charge in [-0.25, -0.2) is 0 Å². The Balaban J connectivity index is 1.84. The molecule has 1 N–H and O–H groups in total. The summed E-state index contributed by atoms with van der Waals surface area (Å²) < 4.78 is 4.49. The Hall–Kier alpha value is -1.29. The van der Waals surface area contributed by atoms with E-state index in [4.69, 9.17) is 0 Å². The molecule has 0 bridgehead atoms. The molecule has 0 radical (unpaired) electrons. The molecule has 1 saturated carbocycles. The van der Waals surface area contributed by atoms with E-state index in [9.17, 15) is 5.11 Å². The van der Waals surface area contributed by atoms with Crippen molar-refractivity contribution >= 4 is 7.79 Å². The summed E-state index contributed by atoms with van der Waals surface area (Å²) in [5.41, 5.74) is 2.33. The minimum atomic E-state index is -3.26. The maximum absolute atomic E-state index is 15.2. The van der Waals surface area contributed by atoms with Gasteiger partial charge in [-0.1, -0.05) is 87.4 Å². The third kappa shape index (κ3) is 3.98. The topological polar surface area (TPSA) is 49.8 Å². The van der Waals surface area contributed by atoms with Crippen LogP contribution in [0.4, 0.5) is 0 Å². The number of fused-ring (bicyclic) bond motifs is 1. The van der Waals surface area contributed by atoms with Gasteiger partial charge >= 0.3 is 0 Å². The van der Waals surface area contributed by atoms with E-state index in [0.717, 1.165) is 36.8 Å². The number of aliphatic hydroxyl groups excluding tert-OH is 1. The van der Waals surface area contributed by atoms with E-state index in [1.165, 1.54) is 0 Å². The van der Waals surface area contributed by atoms with Crippen LogP contribution < -0.4 is 4.89 Å². The van der Waals surface area contributed by atoms with Gasteiger partial charge in [0.2, 0.25) is 0 Å². The molecule has 2 aromatic rings. The monoisotopic (exact) mass is 440 g/mol. The van der Waals surface area contributed by atoms with Crippen LogP contribution in [0.5, 0.6) is 0 Å². The van der Waals surface area contributed by atoms with Gasteiger partial charge in [0.25, 0.3) is 0 Å². The Labute approximate surface area is 188 Å². The lowest BCUT2D eigenvalue weighted by atomic mass is 9.88. The lowest BCUT2D eigenvalue weighted by Crippen LogP contribution is -2.45. The molecule has 5 atom stereocenters. The molecule has 0 spiro atoms. The minimum absolute atomic E-state index is 0.0148. The van der Waals surface area contributed by atoms with Gasteiger partial charge in [0.1, 0.15) is 7.79 Å². The van der Waals surface area contributed by atoms with Crippen LogP contribution in [0.15, 0.2) is 60.7 Å². The fourth-order valence-corrected chi connectivity index (χ4v) is 9.96. The third-order valence-corrected chi connectivity index (χ3v) is 11.2. The highest BCUT2D eigenvalue weighted by Crippen LogP contribution is 2.74. The summed E-state index contributed by atoms with van der Waals surface area (Å²) in [5.74, 6) is -0.961. The lowest BCUT2D eigenvalue weighted by molar-refractivity contribution is -0.205. The largest absolute Gasteiger partial charge is 0.649 e. The van der Waals surface area contributed by atoms with Gasteiger partial charge in [-0.15, -0.1) is 0 Å². The number of nitrogens with zero attached hydrogens (tertiary/aromatic N) is 2. The van der Waals surface area contributed by atoms with Crippen molar-refractivity contribution in [2.45, 2.75) is 83.4 Å². The Morgan fingerprint density at radius 2 is 1.16 bits per heavy atom. The molecular formula is C26H37N2O2P. The van der Waals surface area contributed by atoms with Gasteiger partial charge in [0, 0.05) is 5.92 Å². The zero-order valence-electron chi connectivity index (χ0n) is 19.3. The fourth-order valence-electron chi connectivity index (χ4n) is 5.75. The summed E-state index contributed by atoms with van der Waals surface area (Å²) in [7, 11) is -3.26. The summed E-state index contributed by atoms with van der Waals surface area (Å²) in [4.78, 5) is 15.2. The highest BCUT2D eigenvalue weighted by atomic mass is 31.2. The first-order valence-electron chi connectivity index (χ1n) is 11.8. The van der Waals surface area contributed by atoms with Crippen molar-refractivity contribution in [3.63, 3.8) is 0 Å². The van der Waals surface area contributed by atoms with Gasteiger partial charge in [0.15, 0.2) is 5.85 Å². The lowest BCUT2D eigenvalue weighted by Gasteiger charge is -2.48. The molecule has 1 aliphatic heterocycles. The molecule has 5 heteroatoms. The standard InChI is InChI=1S/C26H37N2O2P/c1-19(2)26(29)31(30)27(20(3)22-13-7-5-8-14-22)24-17-11-12-18-25(24)28(31)21(4)23-15-9-6-10-16-23/h5-10,13-16,19-21,24-26,29H,11-12,17-18H2,1-4H3/t20-,21-,24+,25+,26-/m0/s1. The maximum atomic E-state index is 15.2. The van der Waals surface area contributed by atoms with E-state index in [2.05, 4.69) is 71.7 Å². The zero-order chi connectivity index (χ0) is 22.2. The van der Waals surface area contributed by atoms with Crippen molar-refractivity contribution in [3.05, 3.63) is 71.8 Å². The smallest absolute Gasteiger partial charge is 0.194 e. The molecule has 1 heterocycles. The summed E-state index contributed by atoms with van der Waals surface area (Å²) in [6.45, 7) is 8.31. The van der Waals surface area contributed by atoms with Crippen LogP contribution in [0.25, 0.3) is 0 Å². The van der Waals surface area contributed by atoms with E-state index in [1.54, 1.807) is 0 Å². The molecule has 2 aliphatic rings. The highest BCUT2D eigenvalue weighted by Gasteiger charge is 2.65. The fraction of sp³-hybridized carbons (Fsp3) is 0.538. The first-order chi connectivity index (χ1) is 14.9. The number of aliphatic hydroxyl groups is 1. The quantitative estimate of drug-likeness (QED) is 0.600. The van der Waals surface area contributed by atoms with Gasteiger partial charge in [-0.05, 0) is 37.8 Å². The molecule has 0 aromatic heterocycles. The van der Waals surface area contributed by atoms with Crippen LogP contribution in [-0.2, 0) is 0 Å². The summed E-state index contributed by atoms with van der Waals surface area (Å²) in [6.07, 6.45) is 4.39. The van der Waals surface area contributed by atoms with Crippen molar-refractivity contribution in [1.29, 1.82) is 0 Å². The van der Waals surface area contributed by atoms with Gasteiger partial charge < -0.3 is 10.00 Å². The SMILES string of the molecule is CC(C)[C@@H](O)[P+]1([O-])N([C@@H](C)c2ccccc2)[C@@H]2CCCC[C@H]2N1[C@@H](C)c1ccccc1. The number of benzene rings is 2. The van der Waals surface area contributed by atoms with E-state index in [0.29, 0.717) is 0 Å². The molecule has 4 rings (SSSR count). The Morgan fingerprint density at radius 1 is 0.774 bits per heavy atom. The first kappa shape index (κ1) is 22.9. The third-order valence-electron chi connectivity index (χ3n) is 7.33. The second kappa shape index (κ2) is 9.29. The van der Waals surface area contributed by atoms with Crippen molar-refractivity contribution in [1.82, 2.24) is 9.34 Å². The summed E-state index contributed by atoms with van der Waals surface area (Å²) in [5, 5.41) is 11.5. The van der Waals surface area contributed by atoms with E-state index >= 15 is 4.89 Å². The number of hydrogen-bond donors (Lipinski definition) is 1. The molecule has 31 heavy (non-hydrogen) atoms. The van der Waals surface area contributed by atoms with Crippen LogP contribution in [0.3, 0.4) is 0 Å². The Kier molecular flexibility index (Phi) is 6.86. The summed E-state index contributed by atoms with van der Waals surface area (Å²) >= 11 is 0. The number of rotatable bonds is 6. The van der Waals surface area contributed by atoms with Crippen LogP contribution in [-0.4, -0.2) is 32.4 Å². The molecule has 168 valence electrons. The molecule has 0 unspecified atom stereocenters. The van der Waals surface area contributed by atoms with Gasteiger partial charge in [-0.2, -0.15) is 9.34 Å². The van der Waals surface area contributed by atoms with Crippen molar-refractivity contribution < 1.29 is 10.00 Å². The molecular weight excluding hydrogens is 403 g/mol. The van der Waals surface area contributed by atoms with Crippen LogP contribution in [0, 0.1) is 5.92 Å². The predicted octanol–water partition coefficient (Wildman–Crippen LogP) is 5.53. The zero-order valence-corrected chi connectivity index (χ0v) is 20.2. The number of hydrogen-bond acceptors (Lipinski definition) is 4. The second-order valence-corrected chi connectivity index (χ2v) is 12.2. The predicted molar refractivity (Wildman–Crippen MR) is 127 cm³/mol. The maximum Gasteiger partial charge on any atom is 0.194 e. The van der Waals surface area contributed by atoms with E-state index < -0.39 is 13.6 Å². The summed E-state index contributed by atoms with van der Waals surface area (Å²) in [6, 6.07) is 21.1.